The van der Waals surface area contributed by atoms with Gasteiger partial charge < -0.3 is 15.3 Å². The highest BCUT2D eigenvalue weighted by atomic mass is 16.3. The summed E-state index contributed by atoms with van der Waals surface area (Å²) in [5.74, 6) is 0.239. The zero-order valence-electron chi connectivity index (χ0n) is 14.7. The zero-order chi connectivity index (χ0) is 16.9. The van der Waals surface area contributed by atoms with Gasteiger partial charge in [0.1, 0.15) is 6.04 Å². The first-order valence-electron chi connectivity index (χ1n) is 8.35. The van der Waals surface area contributed by atoms with Crippen LogP contribution in [-0.4, -0.2) is 47.1 Å². The van der Waals surface area contributed by atoms with E-state index in [-0.39, 0.29) is 35.3 Å². The fraction of sp³-hybridized carbons (Fsp3) is 0.882. The first kappa shape index (κ1) is 18.9. The van der Waals surface area contributed by atoms with E-state index < -0.39 is 0 Å². The largest absolute Gasteiger partial charge is 0.393 e. The predicted molar refractivity (Wildman–Crippen MR) is 87.3 cm³/mol. The number of hydrogen-bond acceptors (Lipinski definition) is 3. The average Bonchev–Trinajstić information content (AvgIpc) is 2.82. The molecular formula is C17H32N2O3. The number of carbonyl (C=O) groups is 2. The summed E-state index contributed by atoms with van der Waals surface area (Å²) in [6.45, 7) is 11.1. The van der Waals surface area contributed by atoms with Gasteiger partial charge in [-0.3, -0.25) is 9.59 Å². The molecule has 1 aliphatic heterocycles. The molecule has 0 bridgehead atoms. The Kier molecular flexibility index (Phi) is 6.85. The first-order chi connectivity index (χ1) is 10.1. The van der Waals surface area contributed by atoms with Crippen molar-refractivity contribution in [3.8, 4) is 0 Å². The highest BCUT2D eigenvalue weighted by Gasteiger charge is 2.35. The quantitative estimate of drug-likeness (QED) is 0.787. The number of aliphatic hydroxyl groups is 1. The van der Waals surface area contributed by atoms with Crippen LogP contribution in [0.3, 0.4) is 0 Å². The highest BCUT2D eigenvalue weighted by molar-refractivity contribution is 5.88. The fourth-order valence-electron chi connectivity index (χ4n) is 2.95. The molecule has 3 atom stereocenters. The van der Waals surface area contributed by atoms with Gasteiger partial charge >= 0.3 is 0 Å². The Morgan fingerprint density at radius 3 is 2.50 bits per heavy atom. The minimum Gasteiger partial charge on any atom is -0.393 e. The van der Waals surface area contributed by atoms with Gasteiger partial charge in [-0.1, -0.05) is 27.7 Å². The molecule has 22 heavy (non-hydrogen) atoms. The van der Waals surface area contributed by atoms with Crippen molar-refractivity contribution in [2.75, 3.05) is 13.1 Å². The molecule has 1 aliphatic rings. The first-order valence-corrected chi connectivity index (χ1v) is 8.35. The Labute approximate surface area is 134 Å². The third kappa shape index (κ3) is 6.34. The summed E-state index contributed by atoms with van der Waals surface area (Å²) >= 11 is 0. The molecule has 3 unspecified atom stereocenters. The van der Waals surface area contributed by atoms with E-state index in [1.165, 1.54) is 0 Å². The van der Waals surface area contributed by atoms with Gasteiger partial charge in [-0.05, 0) is 37.5 Å². The number of nitrogens with one attached hydrogen (secondary N) is 1. The summed E-state index contributed by atoms with van der Waals surface area (Å²) in [6, 6.07) is -0.325. The topological polar surface area (TPSA) is 69.6 Å². The molecule has 0 aliphatic carbocycles. The van der Waals surface area contributed by atoms with Crippen molar-refractivity contribution >= 4 is 11.8 Å². The molecule has 1 rings (SSSR count). The van der Waals surface area contributed by atoms with Crippen LogP contribution in [0.5, 0.6) is 0 Å². The molecule has 0 spiro atoms. The number of likely N-dealkylation sites (tertiary alicyclic amines) is 1. The van der Waals surface area contributed by atoms with E-state index in [4.69, 9.17) is 0 Å². The van der Waals surface area contributed by atoms with E-state index in [1.54, 1.807) is 11.8 Å². The highest BCUT2D eigenvalue weighted by Crippen LogP contribution is 2.24. The third-order valence-corrected chi connectivity index (χ3v) is 3.93. The van der Waals surface area contributed by atoms with E-state index in [1.807, 2.05) is 27.7 Å². The maximum Gasteiger partial charge on any atom is 0.242 e. The van der Waals surface area contributed by atoms with Crippen molar-refractivity contribution in [3.63, 3.8) is 0 Å². The number of carbonyl (C=O) groups excluding carboxylic acids is 2. The molecular weight excluding hydrogens is 280 g/mol. The molecule has 2 N–H and O–H groups in total. The summed E-state index contributed by atoms with van der Waals surface area (Å²) in [7, 11) is 0. The number of nitrogens with zero attached hydrogens (tertiary/aromatic N) is 1. The molecule has 0 radical (unpaired) electrons. The molecule has 1 fully saturated rings. The molecule has 0 saturated carbocycles. The SMILES string of the molecule is CC(O)CC(C)CNC(=O)C1CCCN1C(=O)CC(C)(C)C. The molecule has 1 heterocycles. The number of rotatable bonds is 6. The molecule has 2 amide bonds. The lowest BCUT2D eigenvalue weighted by molar-refractivity contribution is -0.139. The van der Waals surface area contributed by atoms with E-state index in [0.717, 1.165) is 12.8 Å². The zero-order valence-corrected chi connectivity index (χ0v) is 14.7. The summed E-state index contributed by atoms with van der Waals surface area (Å²) in [4.78, 5) is 26.5. The molecule has 0 aromatic carbocycles. The van der Waals surface area contributed by atoms with Gasteiger partial charge in [-0.15, -0.1) is 0 Å². The van der Waals surface area contributed by atoms with Crippen LogP contribution in [0.25, 0.3) is 0 Å². The molecule has 1 saturated heterocycles. The van der Waals surface area contributed by atoms with Crippen LogP contribution in [-0.2, 0) is 9.59 Å². The van der Waals surface area contributed by atoms with Crippen molar-refractivity contribution in [2.24, 2.45) is 11.3 Å². The summed E-state index contributed by atoms with van der Waals surface area (Å²) in [5.41, 5.74) is -0.0630. The average molecular weight is 312 g/mol. The maximum absolute atomic E-state index is 12.4. The lowest BCUT2D eigenvalue weighted by atomic mass is 9.91. The Morgan fingerprint density at radius 2 is 1.95 bits per heavy atom. The number of hydrogen-bond donors (Lipinski definition) is 2. The minimum absolute atomic E-state index is 0.0581. The Bertz CT molecular complexity index is 388. The second-order valence-electron chi connectivity index (χ2n) is 7.92. The number of aliphatic hydroxyl groups excluding tert-OH is 1. The van der Waals surface area contributed by atoms with Crippen molar-refractivity contribution in [1.29, 1.82) is 0 Å². The smallest absolute Gasteiger partial charge is 0.242 e. The van der Waals surface area contributed by atoms with Gasteiger partial charge in [0.15, 0.2) is 0 Å². The van der Waals surface area contributed by atoms with Gasteiger partial charge in [0.05, 0.1) is 6.10 Å². The van der Waals surface area contributed by atoms with Gasteiger partial charge in [0.2, 0.25) is 11.8 Å². The van der Waals surface area contributed by atoms with Crippen LogP contribution < -0.4 is 5.32 Å². The second kappa shape index (κ2) is 7.95. The standard InChI is InChI=1S/C17H32N2O3/c1-12(9-13(2)20)11-18-16(22)14-7-6-8-19(14)15(21)10-17(3,4)5/h12-14,20H,6-11H2,1-5H3,(H,18,22). The predicted octanol–water partition coefficient (Wildman–Crippen LogP) is 1.94. The lowest BCUT2D eigenvalue weighted by Crippen LogP contribution is -2.47. The van der Waals surface area contributed by atoms with E-state index in [9.17, 15) is 14.7 Å². The van der Waals surface area contributed by atoms with Crippen LogP contribution in [0, 0.1) is 11.3 Å². The Hall–Kier alpha value is -1.10. The molecule has 5 nitrogen and oxygen atoms in total. The third-order valence-electron chi connectivity index (χ3n) is 3.93. The molecule has 5 heteroatoms. The maximum atomic E-state index is 12.4. The fourth-order valence-corrected chi connectivity index (χ4v) is 2.95. The van der Waals surface area contributed by atoms with Crippen molar-refractivity contribution in [1.82, 2.24) is 10.2 Å². The second-order valence-corrected chi connectivity index (χ2v) is 7.92. The van der Waals surface area contributed by atoms with Gasteiger partial charge in [-0.2, -0.15) is 0 Å². The summed E-state index contributed by atoms with van der Waals surface area (Å²) in [6.07, 6.45) is 2.40. The van der Waals surface area contributed by atoms with Crippen molar-refractivity contribution < 1.29 is 14.7 Å². The van der Waals surface area contributed by atoms with Crippen LogP contribution in [0.2, 0.25) is 0 Å². The molecule has 128 valence electrons. The summed E-state index contributed by atoms with van der Waals surface area (Å²) in [5, 5.41) is 12.3. The van der Waals surface area contributed by atoms with Crippen molar-refractivity contribution in [3.05, 3.63) is 0 Å². The lowest BCUT2D eigenvalue weighted by Gasteiger charge is -2.28. The summed E-state index contributed by atoms with van der Waals surface area (Å²) < 4.78 is 0. The molecule has 0 aromatic rings. The van der Waals surface area contributed by atoms with Crippen LogP contribution in [0.1, 0.15) is 60.3 Å². The van der Waals surface area contributed by atoms with E-state index in [0.29, 0.717) is 25.9 Å². The van der Waals surface area contributed by atoms with E-state index >= 15 is 0 Å². The van der Waals surface area contributed by atoms with Crippen LogP contribution >= 0.6 is 0 Å². The van der Waals surface area contributed by atoms with Crippen molar-refractivity contribution in [2.45, 2.75) is 72.4 Å². The Morgan fingerprint density at radius 1 is 1.32 bits per heavy atom. The monoisotopic (exact) mass is 312 g/mol. The number of amides is 2. The normalized spacial score (nSPS) is 21.5. The van der Waals surface area contributed by atoms with Crippen LogP contribution in [0.4, 0.5) is 0 Å². The van der Waals surface area contributed by atoms with Gasteiger partial charge in [0, 0.05) is 19.5 Å². The molecule has 0 aromatic heterocycles. The van der Waals surface area contributed by atoms with Gasteiger partial charge in [-0.25, -0.2) is 0 Å². The van der Waals surface area contributed by atoms with Crippen LogP contribution in [0.15, 0.2) is 0 Å². The minimum atomic E-state index is -0.358. The van der Waals surface area contributed by atoms with Gasteiger partial charge in [0.25, 0.3) is 0 Å². The Balaban J connectivity index is 2.51. The van der Waals surface area contributed by atoms with E-state index in [2.05, 4.69) is 5.32 Å².